The molecule has 0 bridgehead atoms. The molecule has 27 heavy (non-hydrogen) atoms. The molecule has 1 heterocycles. The molecular weight excluding hydrogens is 338 g/mol. The van der Waals surface area contributed by atoms with Crippen LogP contribution in [0.1, 0.15) is 33.3 Å². The summed E-state index contributed by atoms with van der Waals surface area (Å²) in [4.78, 5) is 13.0. The number of fused-ring (bicyclic) bond motifs is 3. The lowest BCUT2D eigenvalue weighted by atomic mass is 10.0. The molecule has 4 heteroatoms. The SMILES string of the molecule is O=C(Nc1cccc(C2OCCO2)c1)c1cccc2c1Cc1ccccc1-2. The molecule has 1 saturated heterocycles. The first-order valence-corrected chi connectivity index (χ1v) is 9.14. The minimum Gasteiger partial charge on any atom is -0.346 e. The lowest BCUT2D eigenvalue weighted by molar-refractivity contribution is -0.0440. The summed E-state index contributed by atoms with van der Waals surface area (Å²) in [7, 11) is 0. The molecule has 1 N–H and O–H groups in total. The minimum absolute atomic E-state index is 0.0925. The topological polar surface area (TPSA) is 47.6 Å². The van der Waals surface area contributed by atoms with E-state index in [4.69, 9.17) is 9.47 Å². The van der Waals surface area contributed by atoms with Crippen molar-refractivity contribution in [1.82, 2.24) is 0 Å². The van der Waals surface area contributed by atoms with Gasteiger partial charge in [-0.1, -0.05) is 48.5 Å². The number of hydrogen-bond acceptors (Lipinski definition) is 3. The second-order valence-electron chi connectivity index (χ2n) is 6.82. The van der Waals surface area contributed by atoms with E-state index in [1.807, 2.05) is 48.5 Å². The normalized spacial score (nSPS) is 15.4. The fourth-order valence-corrected chi connectivity index (χ4v) is 3.88. The van der Waals surface area contributed by atoms with Crippen molar-refractivity contribution in [2.24, 2.45) is 0 Å². The standard InChI is InChI=1S/C23H19NO3/c25-22(24-17-7-3-6-16(13-17)23-26-11-12-27-23)20-10-4-9-19-18-8-2-1-5-15(18)14-21(19)20/h1-10,13,23H,11-12,14H2,(H,24,25). The van der Waals surface area contributed by atoms with Gasteiger partial charge in [0.1, 0.15) is 0 Å². The van der Waals surface area contributed by atoms with E-state index in [1.54, 1.807) is 0 Å². The van der Waals surface area contributed by atoms with Crippen LogP contribution < -0.4 is 5.32 Å². The number of hydrogen-bond donors (Lipinski definition) is 1. The van der Waals surface area contributed by atoms with Gasteiger partial charge in [0.25, 0.3) is 5.91 Å². The number of carbonyl (C=O) groups excluding carboxylic acids is 1. The minimum atomic E-state index is -0.350. The molecule has 1 amide bonds. The fourth-order valence-electron chi connectivity index (χ4n) is 3.88. The zero-order valence-corrected chi connectivity index (χ0v) is 14.8. The zero-order chi connectivity index (χ0) is 18.2. The number of benzene rings is 3. The first kappa shape index (κ1) is 16.2. The molecule has 0 saturated carbocycles. The highest BCUT2D eigenvalue weighted by Gasteiger charge is 2.24. The molecule has 0 unspecified atom stereocenters. The largest absolute Gasteiger partial charge is 0.346 e. The van der Waals surface area contributed by atoms with Crippen molar-refractivity contribution in [2.45, 2.75) is 12.7 Å². The third-order valence-electron chi connectivity index (χ3n) is 5.13. The van der Waals surface area contributed by atoms with Gasteiger partial charge in [-0.15, -0.1) is 0 Å². The van der Waals surface area contributed by atoms with Gasteiger partial charge in [-0.25, -0.2) is 0 Å². The Morgan fingerprint density at radius 1 is 0.889 bits per heavy atom. The summed E-state index contributed by atoms with van der Waals surface area (Å²) in [5, 5.41) is 3.03. The van der Waals surface area contributed by atoms with E-state index in [1.165, 1.54) is 11.1 Å². The van der Waals surface area contributed by atoms with Gasteiger partial charge < -0.3 is 14.8 Å². The molecule has 3 aromatic carbocycles. The second kappa shape index (κ2) is 6.65. The van der Waals surface area contributed by atoms with E-state index in [0.717, 1.165) is 34.4 Å². The van der Waals surface area contributed by atoms with Crippen LogP contribution in [0, 0.1) is 0 Å². The molecule has 1 aliphatic heterocycles. The maximum Gasteiger partial charge on any atom is 0.255 e. The third kappa shape index (κ3) is 2.93. The zero-order valence-electron chi connectivity index (χ0n) is 14.8. The molecule has 0 spiro atoms. The maximum atomic E-state index is 13.0. The van der Waals surface area contributed by atoms with Crippen molar-refractivity contribution in [2.75, 3.05) is 18.5 Å². The molecule has 0 aromatic heterocycles. The third-order valence-corrected chi connectivity index (χ3v) is 5.13. The van der Waals surface area contributed by atoms with E-state index in [0.29, 0.717) is 13.2 Å². The summed E-state index contributed by atoms with van der Waals surface area (Å²) in [6.07, 6.45) is 0.441. The lowest BCUT2D eigenvalue weighted by Gasteiger charge is -2.13. The van der Waals surface area contributed by atoms with Crippen LogP contribution in [0.5, 0.6) is 0 Å². The predicted octanol–water partition coefficient (Wildman–Crippen LogP) is 4.56. The number of amides is 1. The summed E-state index contributed by atoms with van der Waals surface area (Å²) >= 11 is 0. The molecule has 0 atom stereocenters. The van der Waals surface area contributed by atoms with Gasteiger partial charge in [0.2, 0.25) is 0 Å². The van der Waals surface area contributed by atoms with Crippen molar-refractivity contribution in [1.29, 1.82) is 0 Å². The molecule has 5 rings (SSSR count). The van der Waals surface area contributed by atoms with Crippen LogP contribution in [0.4, 0.5) is 5.69 Å². The van der Waals surface area contributed by atoms with Gasteiger partial charge >= 0.3 is 0 Å². The van der Waals surface area contributed by atoms with Gasteiger partial charge in [0.05, 0.1) is 13.2 Å². The molecular formula is C23H19NO3. The Bertz CT molecular complexity index is 1020. The van der Waals surface area contributed by atoms with Crippen LogP contribution in [0.25, 0.3) is 11.1 Å². The summed E-state index contributed by atoms with van der Waals surface area (Å²) in [5.41, 5.74) is 7.11. The van der Waals surface area contributed by atoms with Crippen LogP contribution in [0.15, 0.2) is 66.7 Å². The summed E-state index contributed by atoms with van der Waals surface area (Å²) in [6, 6.07) is 21.9. The molecule has 2 aliphatic rings. The number of rotatable bonds is 3. The maximum absolute atomic E-state index is 13.0. The van der Waals surface area contributed by atoms with Crippen LogP contribution in [0.2, 0.25) is 0 Å². The van der Waals surface area contributed by atoms with E-state index >= 15 is 0 Å². The predicted molar refractivity (Wildman–Crippen MR) is 104 cm³/mol. The molecule has 134 valence electrons. The summed E-state index contributed by atoms with van der Waals surface area (Å²) in [6.45, 7) is 1.19. The smallest absolute Gasteiger partial charge is 0.255 e. The molecule has 0 radical (unpaired) electrons. The molecule has 3 aromatic rings. The average Bonchev–Trinajstić information content (AvgIpc) is 3.36. The average molecular weight is 357 g/mol. The van der Waals surface area contributed by atoms with Crippen molar-refractivity contribution >= 4 is 11.6 Å². The van der Waals surface area contributed by atoms with Gasteiger partial charge in [0, 0.05) is 16.8 Å². The Labute approximate surface area is 157 Å². The highest BCUT2D eigenvalue weighted by Crippen LogP contribution is 2.38. The van der Waals surface area contributed by atoms with Gasteiger partial charge in [-0.3, -0.25) is 4.79 Å². The van der Waals surface area contributed by atoms with Gasteiger partial charge in [0.15, 0.2) is 6.29 Å². The number of ether oxygens (including phenoxy) is 2. The highest BCUT2D eigenvalue weighted by molar-refractivity contribution is 6.07. The molecule has 4 nitrogen and oxygen atoms in total. The first-order valence-electron chi connectivity index (χ1n) is 9.14. The van der Waals surface area contributed by atoms with Crippen LogP contribution in [0.3, 0.4) is 0 Å². The fraction of sp³-hybridized carbons (Fsp3) is 0.174. The van der Waals surface area contributed by atoms with Crippen molar-refractivity contribution in [3.05, 3.63) is 89.0 Å². The highest BCUT2D eigenvalue weighted by atomic mass is 16.7. The molecule has 1 fully saturated rings. The number of carbonyl (C=O) groups is 1. The van der Waals surface area contributed by atoms with Crippen LogP contribution >= 0.6 is 0 Å². The van der Waals surface area contributed by atoms with Gasteiger partial charge in [-0.2, -0.15) is 0 Å². The first-order chi connectivity index (χ1) is 13.3. The van der Waals surface area contributed by atoms with Crippen LogP contribution in [-0.4, -0.2) is 19.1 Å². The number of nitrogens with one attached hydrogen (secondary N) is 1. The molecule has 1 aliphatic carbocycles. The van der Waals surface area contributed by atoms with E-state index in [-0.39, 0.29) is 12.2 Å². The van der Waals surface area contributed by atoms with Crippen LogP contribution in [-0.2, 0) is 15.9 Å². The number of anilines is 1. The van der Waals surface area contributed by atoms with E-state index < -0.39 is 0 Å². The Balaban J connectivity index is 1.42. The van der Waals surface area contributed by atoms with E-state index in [9.17, 15) is 4.79 Å². The summed E-state index contributed by atoms with van der Waals surface area (Å²) in [5.74, 6) is -0.0925. The second-order valence-corrected chi connectivity index (χ2v) is 6.82. The quantitative estimate of drug-likeness (QED) is 0.585. The van der Waals surface area contributed by atoms with Crippen molar-refractivity contribution in [3.63, 3.8) is 0 Å². The van der Waals surface area contributed by atoms with Crippen molar-refractivity contribution < 1.29 is 14.3 Å². The monoisotopic (exact) mass is 357 g/mol. The van der Waals surface area contributed by atoms with Crippen molar-refractivity contribution in [3.8, 4) is 11.1 Å². The summed E-state index contributed by atoms with van der Waals surface area (Å²) < 4.78 is 11.1. The Kier molecular flexibility index (Phi) is 4.00. The lowest BCUT2D eigenvalue weighted by Crippen LogP contribution is -2.14. The van der Waals surface area contributed by atoms with E-state index in [2.05, 4.69) is 23.5 Å². The van der Waals surface area contributed by atoms with Gasteiger partial charge in [-0.05, 0) is 46.9 Å². The Morgan fingerprint density at radius 3 is 2.56 bits per heavy atom. The Hall–Kier alpha value is -2.95. The Morgan fingerprint density at radius 2 is 1.67 bits per heavy atom.